The molecule has 2 N–H and O–H groups in total. The maximum atomic E-state index is 11.5. The van der Waals surface area contributed by atoms with Gasteiger partial charge in [0.1, 0.15) is 0 Å². The number of aliphatic imine (C=N–C) groups is 1. The van der Waals surface area contributed by atoms with Crippen LogP contribution in [-0.4, -0.2) is 29.2 Å². The quantitative estimate of drug-likeness (QED) is 0.676. The monoisotopic (exact) mass is 278 g/mol. The van der Waals surface area contributed by atoms with E-state index >= 15 is 0 Å². The van der Waals surface area contributed by atoms with Gasteiger partial charge in [0.2, 0.25) is 5.96 Å². The Morgan fingerprint density at radius 2 is 2.20 bits per heavy atom. The van der Waals surface area contributed by atoms with Gasteiger partial charge in [-0.25, -0.2) is 4.79 Å². The number of hydrogen-bond acceptors (Lipinski definition) is 3. The molecule has 0 aliphatic carbocycles. The minimum absolute atomic E-state index is 0.100. The predicted octanol–water partition coefficient (Wildman–Crippen LogP) is 2.55. The van der Waals surface area contributed by atoms with E-state index in [1.165, 1.54) is 0 Å². The second kappa shape index (κ2) is 6.88. The molecule has 0 spiro atoms. The van der Waals surface area contributed by atoms with E-state index in [9.17, 15) is 4.79 Å². The number of rotatable bonds is 4. The summed E-state index contributed by atoms with van der Waals surface area (Å²) in [6, 6.07) is 3.68. The molecule has 1 rings (SSSR count). The van der Waals surface area contributed by atoms with E-state index in [0.717, 1.165) is 12.1 Å². The zero-order valence-corrected chi connectivity index (χ0v) is 12.5. The van der Waals surface area contributed by atoms with Crippen LogP contribution < -0.4 is 10.6 Å². The van der Waals surface area contributed by atoms with Gasteiger partial charge in [-0.1, -0.05) is 6.92 Å². The Morgan fingerprint density at radius 1 is 1.50 bits per heavy atom. The van der Waals surface area contributed by atoms with Gasteiger partial charge >= 0.3 is 6.09 Å². The van der Waals surface area contributed by atoms with Gasteiger partial charge in [0.15, 0.2) is 0 Å². The Kier molecular flexibility index (Phi) is 5.49. The van der Waals surface area contributed by atoms with Crippen LogP contribution in [-0.2, 0) is 4.74 Å². The smallest absolute Gasteiger partial charge is 0.436 e. The summed E-state index contributed by atoms with van der Waals surface area (Å²) < 4.78 is 4.80. The van der Waals surface area contributed by atoms with E-state index in [-0.39, 0.29) is 18.1 Å². The van der Waals surface area contributed by atoms with Crippen LogP contribution in [0.15, 0.2) is 29.5 Å². The van der Waals surface area contributed by atoms with Crippen LogP contribution in [0.2, 0.25) is 0 Å². The number of ether oxygens (including phenoxy) is 1. The van der Waals surface area contributed by atoms with Crippen molar-refractivity contribution in [2.45, 2.75) is 39.7 Å². The normalized spacial score (nSPS) is 12.1. The minimum Gasteiger partial charge on any atom is -0.448 e. The van der Waals surface area contributed by atoms with Crippen molar-refractivity contribution in [1.29, 1.82) is 0 Å². The molecule has 0 saturated heterocycles. The third-order valence-corrected chi connectivity index (χ3v) is 3.08. The zero-order valence-electron chi connectivity index (χ0n) is 12.5. The molecule has 0 bridgehead atoms. The highest BCUT2D eigenvalue weighted by molar-refractivity contribution is 6.01. The molecule has 20 heavy (non-hydrogen) atoms. The average molecular weight is 278 g/mol. The number of nitrogens with two attached hydrogens (primary N) is 1. The van der Waals surface area contributed by atoms with Crippen molar-refractivity contribution in [3.8, 4) is 0 Å². The summed E-state index contributed by atoms with van der Waals surface area (Å²) in [5, 5.41) is 0. The lowest BCUT2D eigenvalue weighted by Gasteiger charge is -2.38. The molecule has 6 heteroatoms. The summed E-state index contributed by atoms with van der Waals surface area (Å²) in [5.74, 6) is 0.100. The van der Waals surface area contributed by atoms with Crippen molar-refractivity contribution < 1.29 is 9.53 Å². The maximum Gasteiger partial charge on any atom is 0.436 e. The molecule has 0 saturated carbocycles. The fourth-order valence-corrected chi connectivity index (χ4v) is 1.74. The fourth-order valence-electron chi connectivity index (χ4n) is 1.74. The van der Waals surface area contributed by atoms with Crippen LogP contribution in [0.25, 0.3) is 0 Å². The Balaban J connectivity index is 3.16. The van der Waals surface area contributed by atoms with Crippen LogP contribution in [0.5, 0.6) is 0 Å². The largest absolute Gasteiger partial charge is 0.448 e. The minimum atomic E-state index is -0.689. The fraction of sp³-hybridized carbons (Fsp3) is 0.500. The Morgan fingerprint density at radius 3 is 2.70 bits per heavy atom. The molecule has 0 unspecified atom stereocenters. The van der Waals surface area contributed by atoms with E-state index in [1.807, 2.05) is 32.9 Å². The summed E-state index contributed by atoms with van der Waals surface area (Å²) in [4.78, 5) is 21.1. The number of nitrogens with zero attached hydrogens (tertiary/aromatic N) is 3. The van der Waals surface area contributed by atoms with E-state index in [2.05, 4.69) is 9.98 Å². The maximum absolute atomic E-state index is 11.5. The molecule has 1 heterocycles. The highest BCUT2D eigenvalue weighted by Crippen LogP contribution is 2.25. The molecular weight excluding hydrogens is 256 g/mol. The standard InChI is InChI=1S/C14H22N4O2/c1-5-14(3,4)18(11-8-7-9-16-10-11)12(15)17-13(19)20-6-2/h7-10H,5-6H2,1-4H3,(H2,15,17,19). The lowest BCUT2D eigenvalue weighted by Crippen LogP contribution is -2.51. The molecule has 1 aromatic heterocycles. The molecule has 0 aliphatic heterocycles. The summed E-state index contributed by atoms with van der Waals surface area (Å²) in [7, 11) is 0. The van der Waals surface area contributed by atoms with Crippen LogP contribution in [0, 0.1) is 0 Å². The van der Waals surface area contributed by atoms with Crippen LogP contribution in [0.1, 0.15) is 34.1 Å². The summed E-state index contributed by atoms with van der Waals surface area (Å²) >= 11 is 0. The molecule has 1 aromatic rings. The Bertz CT molecular complexity index is 471. The van der Waals surface area contributed by atoms with Crippen LogP contribution >= 0.6 is 0 Å². The van der Waals surface area contributed by atoms with E-state index < -0.39 is 6.09 Å². The zero-order chi connectivity index (χ0) is 15.2. The SMILES string of the molecule is CCOC(=O)N=C(N)N(c1cccnc1)C(C)(C)CC. The molecule has 0 aliphatic rings. The van der Waals surface area contributed by atoms with Crippen molar-refractivity contribution in [3.63, 3.8) is 0 Å². The summed E-state index contributed by atoms with van der Waals surface area (Å²) in [6.07, 6.45) is 3.50. The second-order valence-electron chi connectivity index (χ2n) is 4.88. The van der Waals surface area contributed by atoms with Gasteiger partial charge in [-0.3, -0.25) is 4.98 Å². The highest BCUT2D eigenvalue weighted by atomic mass is 16.5. The number of anilines is 1. The second-order valence-corrected chi connectivity index (χ2v) is 4.88. The first-order valence-electron chi connectivity index (χ1n) is 6.63. The molecular formula is C14H22N4O2. The van der Waals surface area contributed by atoms with E-state index in [0.29, 0.717) is 0 Å². The van der Waals surface area contributed by atoms with Crippen molar-refractivity contribution in [1.82, 2.24) is 4.98 Å². The van der Waals surface area contributed by atoms with Gasteiger partial charge in [-0.2, -0.15) is 0 Å². The number of carbonyl (C=O) groups excluding carboxylic acids is 1. The molecule has 0 radical (unpaired) electrons. The van der Waals surface area contributed by atoms with E-state index in [1.54, 1.807) is 24.2 Å². The third kappa shape index (κ3) is 3.94. The van der Waals surface area contributed by atoms with Crippen molar-refractivity contribution in [2.75, 3.05) is 11.5 Å². The highest BCUT2D eigenvalue weighted by Gasteiger charge is 2.28. The van der Waals surface area contributed by atoms with Gasteiger partial charge in [0.05, 0.1) is 18.5 Å². The molecule has 110 valence electrons. The average Bonchev–Trinajstić information content (AvgIpc) is 2.40. The first-order valence-corrected chi connectivity index (χ1v) is 6.63. The van der Waals surface area contributed by atoms with E-state index in [4.69, 9.17) is 10.5 Å². The molecule has 6 nitrogen and oxygen atoms in total. The number of amides is 1. The van der Waals surface area contributed by atoms with Crippen molar-refractivity contribution in [3.05, 3.63) is 24.5 Å². The predicted molar refractivity (Wildman–Crippen MR) is 79.7 cm³/mol. The van der Waals surface area contributed by atoms with Gasteiger partial charge in [-0.05, 0) is 39.3 Å². The molecule has 0 aromatic carbocycles. The first kappa shape index (κ1) is 15.9. The Labute approximate surface area is 119 Å². The lowest BCUT2D eigenvalue weighted by atomic mass is 9.99. The number of aromatic nitrogens is 1. The molecule has 0 fully saturated rings. The Hall–Kier alpha value is -2.11. The van der Waals surface area contributed by atoms with Gasteiger partial charge in [-0.15, -0.1) is 4.99 Å². The molecule has 0 atom stereocenters. The number of carbonyl (C=O) groups is 1. The van der Waals surface area contributed by atoms with Crippen molar-refractivity contribution >= 4 is 17.7 Å². The van der Waals surface area contributed by atoms with Crippen molar-refractivity contribution in [2.24, 2.45) is 10.7 Å². The summed E-state index contributed by atoms with van der Waals surface area (Å²) in [5.41, 5.74) is 6.47. The summed E-state index contributed by atoms with van der Waals surface area (Å²) in [6.45, 7) is 8.07. The van der Waals surface area contributed by atoms with Gasteiger partial charge < -0.3 is 15.4 Å². The number of pyridine rings is 1. The lowest BCUT2D eigenvalue weighted by molar-refractivity contribution is 0.163. The number of guanidine groups is 1. The van der Waals surface area contributed by atoms with Gasteiger partial charge in [0.25, 0.3) is 0 Å². The number of hydrogen-bond donors (Lipinski definition) is 1. The topological polar surface area (TPSA) is 80.8 Å². The molecule has 1 amide bonds. The van der Waals surface area contributed by atoms with Crippen LogP contribution in [0.3, 0.4) is 0 Å². The van der Waals surface area contributed by atoms with Gasteiger partial charge in [0, 0.05) is 11.7 Å². The van der Waals surface area contributed by atoms with Crippen LogP contribution in [0.4, 0.5) is 10.5 Å². The third-order valence-electron chi connectivity index (χ3n) is 3.08. The first-order chi connectivity index (χ1) is 9.42.